The van der Waals surface area contributed by atoms with E-state index < -0.39 is 5.97 Å². The van der Waals surface area contributed by atoms with Crippen molar-refractivity contribution in [3.8, 4) is 0 Å². The van der Waals surface area contributed by atoms with Crippen LogP contribution in [0.2, 0.25) is 0 Å². The molecular formula is C16H20BrN3O4. The molecule has 0 aliphatic carbocycles. The summed E-state index contributed by atoms with van der Waals surface area (Å²) >= 11 is 3.36. The summed E-state index contributed by atoms with van der Waals surface area (Å²) in [6.45, 7) is 1.07. The Balaban J connectivity index is 1.76. The minimum Gasteiger partial charge on any atom is -0.481 e. The van der Waals surface area contributed by atoms with Crippen LogP contribution < -0.4 is 10.6 Å². The fraction of sp³-hybridized carbons (Fsp3) is 0.438. The highest BCUT2D eigenvalue weighted by atomic mass is 79.9. The molecular weight excluding hydrogens is 378 g/mol. The fourth-order valence-electron chi connectivity index (χ4n) is 2.54. The molecule has 0 unspecified atom stereocenters. The molecule has 1 aliphatic rings. The minimum atomic E-state index is -0.946. The molecule has 24 heavy (non-hydrogen) atoms. The average Bonchev–Trinajstić information content (AvgIpc) is 2.54. The van der Waals surface area contributed by atoms with E-state index in [1.54, 1.807) is 4.90 Å². The van der Waals surface area contributed by atoms with Crippen molar-refractivity contribution in [3.05, 3.63) is 28.7 Å². The van der Waals surface area contributed by atoms with Gasteiger partial charge >= 0.3 is 12.0 Å². The number of anilines is 1. The maximum absolute atomic E-state index is 12.3. The third-order valence-electron chi connectivity index (χ3n) is 3.86. The van der Waals surface area contributed by atoms with Crippen LogP contribution in [0.3, 0.4) is 0 Å². The van der Waals surface area contributed by atoms with Gasteiger partial charge in [0.2, 0.25) is 5.91 Å². The van der Waals surface area contributed by atoms with Crippen molar-refractivity contribution in [2.75, 3.05) is 25.0 Å². The number of nitrogens with one attached hydrogen (secondary N) is 2. The first-order chi connectivity index (χ1) is 11.5. The lowest BCUT2D eigenvalue weighted by atomic mass is 9.96. The maximum atomic E-state index is 12.3. The summed E-state index contributed by atoms with van der Waals surface area (Å²) < 4.78 is 0.896. The Hall–Kier alpha value is -2.09. The second-order valence-corrected chi connectivity index (χ2v) is 6.55. The lowest BCUT2D eigenvalue weighted by Gasteiger charge is -2.31. The minimum absolute atomic E-state index is 0.0426. The van der Waals surface area contributed by atoms with Crippen LogP contribution in [0.4, 0.5) is 10.5 Å². The van der Waals surface area contributed by atoms with E-state index >= 15 is 0 Å². The van der Waals surface area contributed by atoms with E-state index in [0.29, 0.717) is 25.9 Å². The SMILES string of the molecule is O=C(O)CCNC(=O)N1CCC(C(=O)Nc2cccc(Br)c2)CC1. The number of hydrogen-bond donors (Lipinski definition) is 3. The van der Waals surface area contributed by atoms with E-state index in [-0.39, 0.29) is 30.8 Å². The summed E-state index contributed by atoms with van der Waals surface area (Å²) in [5.41, 5.74) is 0.739. The third kappa shape index (κ3) is 5.52. The topological polar surface area (TPSA) is 98.7 Å². The van der Waals surface area contributed by atoms with E-state index in [2.05, 4.69) is 26.6 Å². The van der Waals surface area contributed by atoms with Crippen molar-refractivity contribution in [2.45, 2.75) is 19.3 Å². The van der Waals surface area contributed by atoms with Gasteiger partial charge in [0.05, 0.1) is 6.42 Å². The first kappa shape index (κ1) is 18.3. The third-order valence-corrected chi connectivity index (χ3v) is 4.35. The maximum Gasteiger partial charge on any atom is 0.317 e. The Bertz CT molecular complexity index is 615. The standard InChI is InChI=1S/C16H20BrN3O4/c17-12-2-1-3-13(10-12)19-15(23)11-5-8-20(9-6-11)16(24)18-7-4-14(21)22/h1-3,10-11H,4-9H2,(H,18,24)(H,19,23)(H,21,22). The number of aliphatic carboxylic acids is 1. The molecule has 1 fully saturated rings. The Morgan fingerprint density at radius 3 is 2.58 bits per heavy atom. The molecule has 8 heteroatoms. The van der Waals surface area contributed by atoms with Crippen LogP contribution in [0.25, 0.3) is 0 Å². The monoisotopic (exact) mass is 397 g/mol. The molecule has 3 N–H and O–H groups in total. The number of amides is 3. The summed E-state index contributed by atoms with van der Waals surface area (Å²) in [6.07, 6.45) is 1.08. The van der Waals surface area contributed by atoms with Crippen molar-refractivity contribution >= 4 is 39.5 Å². The van der Waals surface area contributed by atoms with Crippen LogP contribution in [-0.4, -0.2) is 47.5 Å². The van der Waals surface area contributed by atoms with E-state index in [9.17, 15) is 14.4 Å². The molecule has 0 atom stereocenters. The van der Waals surface area contributed by atoms with Crippen LogP contribution >= 0.6 is 15.9 Å². The lowest BCUT2D eigenvalue weighted by Crippen LogP contribution is -2.46. The van der Waals surface area contributed by atoms with Gasteiger partial charge in [0.1, 0.15) is 0 Å². The van der Waals surface area contributed by atoms with E-state index in [4.69, 9.17) is 5.11 Å². The Labute approximate surface area is 148 Å². The van der Waals surface area contributed by atoms with Gasteiger partial charge in [-0.25, -0.2) is 4.79 Å². The second-order valence-electron chi connectivity index (χ2n) is 5.64. The van der Waals surface area contributed by atoms with E-state index in [1.165, 1.54) is 0 Å². The van der Waals surface area contributed by atoms with Gasteiger partial charge in [-0.05, 0) is 31.0 Å². The molecule has 2 rings (SSSR count). The summed E-state index contributed by atoms with van der Waals surface area (Å²) in [5.74, 6) is -1.12. The van der Waals surface area contributed by atoms with Crippen molar-refractivity contribution in [1.82, 2.24) is 10.2 Å². The quantitative estimate of drug-likeness (QED) is 0.709. The number of carboxylic acid groups (broad SMARTS) is 1. The summed E-state index contributed by atoms with van der Waals surface area (Å²) in [4.78, 5) is 36.2. The van der Waals surface area contributed by atoms with Crippen LogP contribution in [-0.2, 0) is 9.59 Å². The highest BCUT2D eigenvalue weighted by molar-refractivity contribution is 9.10. The normalized spacial score (nSPS) is 15.0. The zero-order chi connectivity index (χ0) is 17.5. The molecule has 1 heterocycles. The Morgan fingerprint density at radius 1 is 1.25 bits per heavy atom. The van der Waals surface area contributed by atoms with Crippen LogP contribution in [0.5, 0.6) is 0 Å². The van der Waals surface area contributed by atoms with Crippen LogP contribution in [0.15, 0.2) is 28.7 Å². The summed E-state index contributed by atoms with van der Waals surface area (Å²) in [7, 11) is 0. The van der Waals surface area contributed by atoms with E-state index in [1.807, 2.05) is 24.3 Å². The van der Waals surface area contributed by atoms with Gasteiger partial charge in [-0.15, -0.1) is 0 Å². The number of carboxylic acids is 1. The number of urea groups is 1. The van der Waals surface area contributed by atoms with Crippen molar-refractivity contribution in [2.24, 2.45) is 5.92 Å². The number of piperidine rings is 1. The highest BCUT2D eigenvalue weighted by Crippen LogP contribution is 2.21. The van der Waals surface area contributed by atoms with Crippen LogP contribution in [0, 0.1) is 5.92 Å². The molecule has 1 aromatic rings. The smallest absolute Gasteiger partial charge is 0.317 e. The number of hydrogen-bond acceptors (Lipinski definition) is 3. The molecule has 0 spiro atoms. The average molecular weight is 398 g/mol. The predicted octanol–water partition coefficient (Wildman–Crippen LogP) is 2.28. The molecule has 1 aliphatic heterocycles. The Kier molecular flexibility index (Phi) is 6.60. The molecule has 3 amide bonds. The number of carbonyl (C=O) groups excluding carboxylic acids is 2. The molecule has 130 valence electrons. The van der Waals surface area contributed by atoms with Crippen molar-refractivity contribution in [3.63, 3.8) is 0 Å². The fourth-order valence-corrected chi connectivity index (χ4v) is 2.94. The van der Waals surface area contributed by atoms with Crippen LogP contribution in [0.1, 0.15) is 19.3 Å². The zero-order valence-corrected chi connectivity index (χ0v) is 14.7. The van der Waals surface area contributed by atoms with Gasteiger partial charge in [-0.2, -0.15) is 0 Å². The molecule has 1 saturated heterocycles. The molecule has 0 bridgehead atoms. The van der Waals surface area contributed by atoms with Gasteiger partial charge < -0.3 is 20.6 Å². The summed E-state index contributed by atoms with van der Waals surface area (Å²) in [6, 6.07) is 7.12. The Morgan fingerprint density at radius 2 is 1.96 bits per heavy atom. The van der Waals surface area contributed by atoms with Gasteiger partial charge in [0, 0.05) is 35.7 Å². The summed E-state index contributed by atoms with van der Waals surface area (Å²) in [5, 5.41) is 14.0. The van der Waals surface area contributed by atoms with Crippen molar-refractivity contribution in [1.29, 1.82) is 0 Å². The number of rotatable bonds is 5. The first-order valence-electron chi connectivity index (χ1n) is 7.76. The number of nitrogens with zero attached hydrogens (tertiary/aromatic N) is 1. The number of halogens is 1. The van der Waals surface area contributed by atoms with Gasteiger partial charge in [-0.1, -0.05) is 22.0 Å². The predicted molar refractivity (Wildman–Crippen MR) is 92.7 cm³/mol. The largest absolute Gasteiger partial charge is 0.481 e. The first-order valence-corrected chi connectivity index (χ1v) is 8.56. The second kappa shape index (κ2) is 8.68. The van der Waals surface area contributed by atoms with Crippen molar-refractivity contribution < 1.29 is 19.5 Å². The van der Waals surface area contributed by atoms with Gasteiger partial charge in [0.25, 0.3) is 0 Å². The van der Waals surface area contributed by atoms with Gasteiger partial charge in [0.15, 0.2) is 0 Å². The van der Waals surface area contributed by atoms with Gasteiger partial charge in [-0.3, -0.25) is 9.59 Å². The number of likely N-dealkylation sites (tertiary alicyclic amines) is 1. The zero-order valence-electron chi connectivity index (χ0n) is 13.1. The van der Waals surface area contributed by atoms with E-state index in [0.717, 1.165) is 10.2 Å². The molecule has 0 aromatic heterocycles. The number of benzene rings is 1. The molecule has 7 nitrogen and oxygen atoms in total. The molecule has 0 radical (unpaired) electrons. The highest BCUT2D eigenvalue weighted by Gasteiger charge is 2.27. The number of carbonyl (C=O) groups is 3. The lowest BCUT2D eigenvalue weighted by molar-refractivity contribution is -0.136. The molecule has 1 aromatic carbocycles. The molecule has 0 saturated carbocycles.